The molecule has 0 bridgehead atoms. The Bertz CT molecular complexity index is 1050. The largest absolute Gasteiger partial charge is 0.354 e. The fourth-order valence-corrected chi connectivity index (χ4v) is 4.96. The summed E-state index contributed by atoms with van der Waals surface area (Å²) in [6.07, 6.45) is 3.45. The molecular formula is C25H34BrN3O4S. The van der Waals surface area contributed by atoms with E-state index in [4.69, 9.17) is 0 Å². The van der Waals surface area contributed by atoms with E-state index < -0.39 is 16.1 Å². The van der Waals surface area contributed by atoms with Gasteiger partial charge in [-0.2, -0.15) is 0 Å². The predicted molar refractivity (Wildman–Crippen MR) is 140 cm³/mol. The van der Waals surface area contributed by atoms with Crippen LogP contribution in [0.2, 0.25) is 0 Å². The fraction of sp³-hybridized carbons (Fsp3) is 0.440. The maximum atomic E-state index is 13.2. The van der Waals surface area contributed by atoms with Crippen molar-refractivity contribution in [1.29, 1.82) is 0 Å². The van der Waals surface area contributed by atoms with Gasteiger partial charge in [-0.05, 0) is 49.6 Å². The Balaban J connectivity index is 2.12. The molecule has 2 amide bonds. The number of unbranched alkanes of at least 4 members (excludes halogenated alkanes) is 1. The quantitative estimate of drug-likeness (QED) is 0.375. The molecule has 2 aromatic rings. The van der Waals surface area contributed by atoms with E-state index >= 15 is 0 Å². The normalized spacial score (nSPS) is 12.1. The summed E-state index contributed by atoms with van der Waals surface area (Å²) in [4.78, 5) is 27.5. The number of rotatable bonds is 13. The van der Waals surface area contributed by atoms with Crippen LogP contribution in [0.4, 0.5) is 5.69 Å². The second-order valence-corrected chi connectivity index (χ2v) is 11.1. The Morgan fingerprint density at radius 2 is 1.76 bits per heavy atom. The van der Waals surface area contributed by atoms with Crippen molar-refractivity contribution in [3.63, 3.8) is 0 Å². The molecule has 2 aromatic carbocycles. The molecule has 0 aliphatic rings. The van der Waals surface area contributed by atoms with Crippen LogP contribution in [0.5, 0.6) is 0 Å². The van der Waals surface area contributed by atoms with E-state index in [1.807, 2.05) is 37.3 Å². The highest BCUT2D eigenvalue weighted by molar-refractivity contribution is 9.10. The van der Waals surface area contributed by atoms with Crippen LogP contribution in [0.3, 0.4) is 0 Å². The Hall–Kier alpha value is -2.39. The molecule has 0 aliphatic heterocycles. The van der Waals surface area contributed by atoms with Gasteiger partial charge in [-0.15, -0.1) is 0 Å². The first kappa shape index (κ1) is 27.9. The van der Waals surface area contributed by atoms with Crippen molar-refractivity contribution < 1.29 is 18.0 Å². The molecule has 186 valence electrons. The zero-order valence-corrected chi connectivity index (χ0v) is 22.4. The zero-order valence-electron chi connectivity index (χ0n) is 20.0. The van der Waals surface area contributed by atoms with E-state index in [0.717, 1.165) is 29.1 Å². The number of hydrogen-bond donors (Lipinski definition) is 1. The van der Waals surface area contributed by atoms with Crippen LogP contribution in [-0.2, 0) is 26.2 Å². The summed E-state index contributed by atoms with van der Waals surface area (Å²) in [7, 11) is -3.49. The number of para-hydroxylation sites is 1. The Labute approximate surface area is 211 Å². The molecule has 0 saturated carbocycles. The summed E-state index contributed by atoms with van der Waals surface area (Å²) in [5.74, 6) is -0.390. The maximum absolute atomic E-state index is 13.2. The van der Waals surface area contributed by atoms with E-state index in [-0.39, 0.29) is 31.3 Å². The van der Waals surface area contributed by atoms with Crippen LogP contribution in [0.1, 0.15) is 45.1 Å². The highest BCUT2D eigenvalue weighted by atomic mass is 79.9. The van der Waals surface area contributed by atoms with Crippen LogP contribution in [0.15, 0.2) is 59.1 Å². The Morgan fingerprint density at radius 3 is 2.38 bits per heavy atom. The lowest BCUT2D eigenvalue weighted by Crippen LogP contribution is -2.48. The fourth-order valence-electron chi connectivity index (χ4n) is 3.55. The molecule has 1 N–H and O–H groups in total. The SMILES string of the molecule is CCCCNC(=O)[C@@H](C)N(Cc1cccc(Br)c1)C(=O)CCCN(c1ccccc1)S(C)(=O)=O. The molecule has 0 aliphatic carbocycles. The van der Waals surface area contributed by atoms with Crippen molar-refractivity contribution in [3.8, 4) is 0 Å². The van der Waals surface area contributed by atoms with E-state index in [9.17, 15) is 18.0 Å². The number of nitrogens with zero attached hydrogens (tertiary/aromatic N) is 2. The number of sulfonamides is 1. The third kappa shape index (κ3) is 8.76. The molecule has 0 unspecified atom stereocenters. The summed E-state index contributed by atoms with van der Waals surface area (Å²) >= 11 is 3.45. The van der Waals surface area contributed by atoms with E-state index in [2.05, 4.69) is 21.2 Å². The zero-order chi connectivity index (χ0) is 25.1. The second-order valence-electron chi connectivity index (χ2n) is 8.25. The first-order valence-electron chi connectivity index (χ1n) is 11.5. The molecule has 2 rings (SSSR count). The molecule has 0 aromatic heterocycles. The van der Waals surface area contributed by atoms with Crippen molar-refractivity contribution in [2.45, 2.75) is 52.1 Å². The summed E-state index contributed by atoms with van der Waals surface area (Å²) in [5, 5.41) is 2.90. The molecule has 0 fully saturated rings. The average molecular weight is 553 g/mol. The lowest BCUT2D eigenvalue weighted by atomic mass is 10.1. The minimum Gasteiger partial charge on any atom is -0.354 e. The lowest BCUT2D eigenvalue weighted by Gasteiger charge is -2.29. The number of carbonyl (C=O) groups excluding carboxylic acids is 2. The van der Waals surface area contributed by atoms with E-state index in [1.54, 1.807) is 36.1 Å². The predicted octanol–water partition coefficient (Wildman–Crippen LogP) is 4.33. The molecule has 9 heteroatoms. The number of anilines is 1. The van der Waals surface area contributed by atoms with Crippen LogP contribution < -0.4 is 9.62 Å². The monoisotopic (exact) mass is 551 g/mol. The first-order valence-corrected chi connectivity index (χ1v) is 14.1. The molecule has 7 nitrogen and oxygen atoms in total. The molecular weight excluding hydrogens is 518 g/mol. The van der Waals surface area contributed by atoms with Gasteiger partial charge in [-0.1, -0.05) is 59.6 Å². The lowest BCUT2D eigenvalue weighted by molar-refractivity contribution is -0.140. The van der Waals surface area contributed by atoms with Crippen LogP contribution >= 0.6 is 15.9 Å². The van der Waals surface area contributed by atoms with Crippen molar-refractivity contribution in [2.24, 2.45) is 0 Å². The number of hydrogen-bond acceptors (Lipinski definition) is 4. The van der Waals surface area contributed by atoms with Crippen LogP contribution in [0, 0.1) is 0 Å². The molecule has 0 spiro atoms. The number of nitrogens with one attached hydrogen (secondary N) is 1. The van der Waals surface area contributed by atoms with Crippen molar-refractivity contribution in [1.82, 2.24) is 10.2 Å². The van der Waals surface area contributed by atoms with Crippen molar-refractivity contribution in [2.75, 3.05) is 23.7 Å². The van der Waals surface area contributed by atoms with Gasteiger partial charge >= 0.3 is 0 Å². The molecule has 34 heavy (non-hydrogen) atoms. The highest BCUT2D eigenvalue weighted by Gasteiger charge is 2.26. The highest BCUT2D eigenvalue weighted by Crippen LogP contribution is 2.19. The number of halogens is 1. The van der Waals surface area contributed by atoms with Gasteiger partial charge in [0.2, 0.25) is 21.8 Å². The third-order valence-electron chi connectivity index (χ3n) is 5.44. The molecule has 0 radical (unpaired) electrons. The second kappa shape index (κ2) is 13.5. The molecule has 0 saturated heterocycles. The average Bonchev–Trinajstić information content (AvgIpc) is 2.79. The van der Waals surface area contributed by atoms with Gasteiger partial charge in [0, 0.05) is 30.5 Å². The summed E-state index contributed by atoms with van der Waals surface area (Å²) < 4.78 is 26.8. The van der Waals surface area contributed by atoms with Crippen molar-refractivity contribution in [3.05, 3.63) is 64.6 Å². The maximum Gasteiger partial charge on any atom is 0.242 e. The van der Waals surface area contributed by atoms with E-state index in [1.165, 1.54) is 4.31 Å². The Kier molecular flexibility index (Phi) is 11.0. The topological polar surface area (TPSA) is 86.8 Å². The Morgan fingerprint density at radius 1 is 1.06 bits per heavy atom. The molecule has 0 heterocycles. The van der Waals surface area contributed by atoms with Gasteiger partial charge in [0.15, 0.2) is 0 Å². The van der Waals surface area contributed by atoms with Gasteiger partial charge in [-0.25, -0.2) is 8.42 Å². The van der Waals surface area contributed by atoms with Gasteiger partial charge in [0.05, 0.1) is 11.9 Å². The van der Waals surface area contributed by atoms with Crippen LogP contribution in [-0.4, -0.2) is 50.5 Å². The minimum atomic E-state index is -3.49. The number of carbonyl (C=O) groups is 2. The molecule has 1 atom stereocenters. The standard InChI is InChI=1S/C25H34BrN3O4S/c1-4-5-16-27-25(31)20(2)28(19-21-11-9-12-22(26)18-21)24(30)15-10-17-29(34(3,32)33)23-13-7-6-8-14-23/h6-9,11-14,18,20H,4-5,10,15-17,19H2,1-3H3,(H,27,31)/t20-/m1/s1. The van der Waals surface area contributed by atoms with Gasteiger partial charge in [0.1, 0.15) is 6.04 Å². The van der Waals surface area contributed by atoms with E-state index in [0.29, 0.717) is 18.7 Å². The third-order valence-corrected chi connectivity index (χ3v) is 7.12. The van der Waals surface area contributed by atoms with Crippen LogP contribution in [0.25, 0.3) is 0 Å². The minimum absolute atomic E-state index is 0.124. The van der Waals surface area contributed by atoms with Crippen molar-refractivity contribution >= 4 is 43.5 Å². The smallest absolute Gasteiger partial charge is 0.242 e. The summed E-state index contributed by atoms with van der Waals surface area (Å²) in [6.45, 7) is 4.81. The number of amides is 2. The van der Waals surface area contributed by atoms with Gasteiger partial charge in [-0.3, -0.25) is 13.9 Å². The summed E-state index contributed by atoms with van der Waals surface area (Å²) in [6, 6.07) is 15.8. The van der Waals surface area contributed by atoms with Gasteiger partial charge < -0.3 is 10.2 Å². The number of benzene rings is 2. The summed E-state index contributed by atoms with van der Waals surface area (Å²) in [5.41, 5.74) is 1.46. The first-order chi connectivity index (χ1) is 16.1. The van der Waals surface area contributed by atoms with Gasteiger partial charge in [0.25, 0.3) is 0 Å².